The van der Waals surface area contributed by atoms with Crippen molar-refractivity contribution in [2.45, 2.75) is 104 Å². The molecule has 19 nitrogen and oxygen atoms in total. The van der Waals surface area contributed by atoms with Crippen LogP contribution in [0.25, 0.3) is 0 Å². The predicted molar refractivity (Wildman–Crippen MR) is 125 cm³/mol. The molecule has 4 rings (SSSR count). The molecular weight excluding hydrogens is 569 g/mol. The van der Waals surface area contributed by atoms with E-state index < -0.39 is 119 Å². The molecule has 0 aromatic rings. The van der Waals surface area contributed by atoms with Gasteiger partial charge in [0.25, 0.3) is 0 Å². The van der Waals surface area contributed by atoms with Gasteiger partial charge in [0, 0.05) is 12.1 Å². The first-order chi connectivity index (χ1) is 18.6. The molecular formula is C20H38N3O16P. The number of hydrogen-bond donors (Lipinski definition) is 12. The van der Waals surface area contributed by atoms with Gasteiger partial charge in [-0.05, 0) is 13.5 Å². The highest BCUT2D eigenvalue weighted by atomic mass is 31.2. The number of aliphatic hydroxyl groups is 7. The lowest BCUT2D eigenvalue weighted by Gasteiger charge is -2.46. The van der Waals surface area contributed by atoms with E-state index in [2.05, 4.69) is 9.84 Å². The second kappa shape index (κ2) is 12.2. The Labute approximate surface area is 227 Å². The number of hydrogen-bond acceptors (Lipinski definition) is 17. The van der Waals surface area contributed by atoms with Gasteiger partial charge in [0.15, 0.2) is 12.4 Å². The van der Waals surface area contributed by atoms with Gasteiger partial charge >= 0.3 is 13.8 Å². The van der Waals surface area contributed by atoms with E-state index in [9.17, 15) is 40.3 Å². The molecule has 16 unspecified atom stereocenters. The molecule has 0 aromatic carbocycles. The van der Waals surface area contributed by atoms with Gasteiger partial charge in [-0.3, -0.25) is 4.52 Å². The summed E-state index contributed by atoms with van der Waals surface area (Å²) in [5.41, 5.74) is 11.9. The van der Waals surface area contributed by atoms with Crippen LogP contribution in [0, 0.1) is 0 Å². The normalized spacial score (nSPS) is 50.6. The summed E-state index contributed by atoms with van der Waals surface area (Å²) in [6.07, 6.45) is -19.1. The van der Waals surface area contributed by atoms with Crippen LogP contribution in [-0.4, -0.2) is 163 Å². The number of phosphoric ester groups is 1. The Balaban J connectivity index is 1.60. The zero-order chi connectivity index (χ0) is 29.7. The minimum Gasteiger partial charge on any atom is -0.394 e. The summed E-state index contributed by atoms with van der Waals surface area (Å²) in [6.45, 7) is -1.60. The summed E-state index contributed by atoms with van der Waals surface area (Å²) in [6, 6.07) is -2.89. The van der Waals surface area contributed by atoms with Crippen molar-refractivity contribution >= 4 is 7.82 Å². The van der Waals surface area contributed by atoms with Crippen LogP contribution in [0.15, 0.2) is 0 Å². The molecule has 3 heterocycles. The summed E-state index contributed by atoms with van der Waals surface area (Å²) in [5, 5.41) is 76.7. The van der Waals surface area contributed by atoms with E-state index in [4.69, 9.17) is 44.9 Å². The van der Waals surface area contributed by atoms with Gasteiger partial charge in [-0.2, -0.15) is 0 Å². The maximum Gasteiger partial charge on any atom is 0.469 e. The highest BCUT2D eigenvalue weighted by Crippen LogP contribution is 2.46. The Morgan fingerprint density at radius 1 is 1.00 bits per heavy atom. The van der Waals surface area contributed by atoms with Gasteiger partial charge in [0.2, 0.25) is 0 Å². The molecule has 3 aliphatic heterocycles. The molecule has 1 spiro atoms. The summed E-state index contributed by atoms with van der Waals surface area (Å²) in [5.74, 6) is -2.64. The molecule has 4 fully saturated rings. The summed E-state index contributed by atoms with van der Waals surface area (Å²) in [4.78, 5) is 17.9. The monoisotopic (exact) mass is 607 g/mol. The third kappa shape index (κ3) is 6.10. The Bertz CT molecular complexity index is 919. The average Bonchev–Trinajstić information content (AvgIpc) is 3.30. The van der Waals surface area contributed by atoms with Crippen LogP contribution >= 0.6 is 7.82 Å². The van der Waals surface area contributed by atoms with Crippen LogP contribution < -0.4 is 16.8 Å². The fraction of sp³-hybridized carbons (Fsp3) is 1.00. The second-order valence-electron chi connectivity index (χ2n) is 10.3. The minimum atomic E-state index is -4.97. The van der Waals surface area contributed by atoms with Crippen molar-refractivity contribution in [3.8, 4) is 0 Å². The fourth-order valence-electron chi connectivity index (χ4n) is 5.40. The van der Waals surface area contributed by atoms with Crippen LogP contribution in [0.5, 0.6) is 0 Å². The SMILES string of the molecule is CNC1CC(N)C(O)C(OC2OC(CO)C(O)C3OC4(OC(C(N)COP(=O)(O)O)C(O)C(O)C4O)OC23)C1O. The molecule has 0 amide bonds. The highest BCUT2D eigenvalue weighted by molar-refractivity contribution is 7.46. The third-order valence-electron chi connectivity index (χ3n) is 7.64. The zero-order valence-corrected chi connectivity index (χ0v) is 22.2. The van der Waals surface area contributed by atoms with E-state index in [1.165, 1.54) is 0 Å². The largest absolute Gasteiger partial charge is 0.469 e. The van der Waals surface area contributed by atoms with Gasteiger partial charge in [0.1, 0.15) is 48.8 Å². The topological polar surface area (TPSA) is 319 Å². The molecule has 40 heavy (non-hydrogen) atoms. The van der Waals surface area contributed by atoms with Crippen LogP contribution in [0.1, 0.15) is 6.42 Å². The van der Waals surface area contributed by atoms with Crippen molar-refractivity contribution in [3.05, 3.63) is 0 Å². The third-order valence-corrected chi connectivity index (χ3v) is 8.13. The Morgan fingerprint density at radius 2 is 1.65 bits per heavy atom. The Hall–Kier alpha value is -0.490. The number of fused-ring (bicyclic) bond motifs is 1. The molecule has 0 aromatic heterocycles. The van der Waals surface area contributed by atoms with Crippen molar-refractivity contribution in [2.75, 3.05) is 20.3 Å². The van der Waals surface area contributed by atoms with Crippen molar-refractivity contribution < 1.29 is 78.3 Å². The standard InChI is InChI=1S/C20H38N3O16P/c1-23-7-2-5(21)9(25)15(10(7)26)36-19-17-16(11(27)8(3-24)35-19)38-20(39-17)18(30)13(29)12(28)14(37-20)6(22)4-34-40(31,32)33/h5-19,23-30H,2-4,21-22H2,1H3,(H2,31,32,33). The van der Waals surface area contributed by atoms with Crippen molar-refractivity contribution in [3.63, 3.8) is 0 Å². The van der Waals surface area contributed by atoms with Crippen LogP contribution in [0.4, 0.5) is 0 Å². The fourth-order valence-corrected chi connectivity index (χ4v) is 5.77. The van der Waals surface area contributed by atoms with Crippen molar-refractivity contribution in [1.82, 2.24) is 5.32 Å². The van der Waals surface area contributed by atoms with E-state index in [-0.39, 0.29) is 6.42 Å². The molecule has 3 saturated heterocycles. The van der Waals surface area contributed by atoms with Crippen molar-refractivity contribution in [1.29, 1.82) is 0 Å². The smallest absolute Gasteiger partial charge is 0.394 e. The molecule has 20 heteroatoms. The minimum absolute atomic E-state index is 0.213. The van der Waals surface area contributed by atoms with Crippen molar-refractivity contribution in [2.24, 2.45) is 11.5 Å². The van der Waals surface area contributed by atoms with E-state index in [0.717, 1.165) is 0 Å². The number of nitrogens with one attached hydrogen (secondary N) is 1. The van der Waals surface area contributed by atoms with E-state index in [0.29, 0.717) is 0 Å². The maximum atomic E-state index is 11.1. The van der Waals surface area contributed by atoms with Gasteiger partial charge < -0.3 is 86.0 Å². The molecule has 1 saturated carbocycles. The number of phosphoric acid groups is 1. The van der Waals surface area contributed by atoms with Gasteiger partial charge in [-0.1, -0.05) is 0 Å². The number of likely N-dealkylation sites (N-methyl/N-ethyl adjacent to an activating group) is 1. The van der Waals surface area contributed by atoms with Crippen LogP contribution in [0.3, 0.4) is 0 Å². The van der Waals surface area contributed by atoms with Gasteiger partial charge in [-0.25, -0.2) is 4.57 Å². The Morgan fingerprint density at radius 3 is 2.25 bits per heavy atom. The van der Waals surface area contributed by atoms with Gasteiger partial charge in [-0.15, -0.1) is 0 Å². The summed E-state index contributed by atoms with van der Waals surface area (Å²) < 4.78 is 44.1. The lowest BCUT2D eigenvalue weighted by Crippen LogP contribution is -2.69. The van der Waals surface area contributed by atoms with E-state index in [1.54, 1.807) is 7.05 Å². The molecule has 1 aliphatic carbocycles. The van der Waals surface area contributed by atoms with Gasteiger partial charge in [0.05, 0.1) is 31.5 Å². The molecule has 0 radical (unpaired) electrons. The van der Waals surface area contributed by atoms with Crippen LogP contribution in [0.2, 0.25) is 0 Å². The number of nitrogens with two attached hydrogens (primary N) is 2. The van der Waals surface area contributed by atoms with Crippen LogP contribution in [-0.2, 0) is 32.8 Å². The maximum absolute atomic E-state index is 11.1. The Kier molecular flexibility index (Phi) is 9.93. The average molecular weight is 608 g/mol. The summed E-state index contributed by atoms with van der Waals surface area (Å²) >= 11 is 0. The predicted octanol–water partition coefficient (Wildman–Crippen LogP) is -7.15. The molecule has 234 valence electrons. The first-order valence-electron chi connectivity index (χ1n) is 12.6. The number of aliphatic hydroxyl groups excluding tert-OH is 7. The quantitative estimate of drug-likeness (QED) is 0.114. The molecule has 16 atom stereocenters. The molecule has 14 N–H and O–H groups in total. The lowest BCUT2D eigenvalue weighted by atomic mass is 9.84. The first kappa shape index (κ1) is 32.4. The lowest BCUT2D eigenvalue weighted by molar-refractivity contribution is -0.439. The number of ether oxygens (including phenoxy) is 5. The first-order valence-corrected chi connectivity index (χ1v) is 14.1. The number of rotatable bonds is 8. The van der Waals surface area contributed by atoms with E-state index in [1.807, 2.05) is 0 Å². The highest BCUT2D eigenvalue weighted by Gasteiger charge is 2.67. The second-order valence-corrected chi connectivity index (χ2v) is 11.6. The molecule has 4 aliphatic rings. The zero-order valence-electron chi connectivity index (χ0n) is 21.3. The molecule has 0 bridgehead atoms. The summed E-state index contributed by atoms with van der Waals surface area (Å²) in [7, 11) is -3.40. The van der Waals surface area contributed by atoms with E-state index >= 15 is 0 Å².